The van der Waals surface area contributed by atoms with Gasteiger partial charge in [0.2, 0.25) is 11.8 Å². The molecule has 4 aliphatic rings. The number of hydrogen-bond acceptors (Lipinski definition) is 2. The van der Waals surface area contributed by atoms with Gasteiger partial charge in [0.05, 0.1) is 6.42 Å². The Hall–Kier alpha value is -1.84. The maximum Gasteiger partial charge on any atom is 0.224 e. The molecule has 0 radical (unpaired) electrons. The first kappa shape index (κ1) is 16.6. The lowest BCUT2D eigenvalue weighted by atomic mass is 9.53. The smallest absolute Gasteiger partial charge is 0.224 e. The molecule has 2 N–H and O–H groups in total. The highest BCUT2D eigenvalue weighted by atomic mass is 16.2. The van der Waals surface area contributed by atoms with Crippen molar-refractivity contribution in [2.75, 3.05) is 6.54 Å². The summed E-state index contributed by atoms with van der Waals surface area (Å²) in [5, 5.41) is 6.23. The van der Waals surface area contributed by atoms with Gasteiger partial charge < -0.3 is 10.6 Å². The van der Waals surface area contributed by atoms with Crippen LogP contribution in [0.2, 0.25) is 0 Å². The molecule has 0 aliphatic heterocycles. The Kier molecular flexibility index (Phi) is 4.53. The van der Waals surface area contributed by atoms with E-state index in [2.05, 4.69) is 10.6 Å². The molecule has 134 valence electrons. The zero-order chi connectivity index (χ0) is 17.3. The molecular formula is C21H28N2O2. The molecule has 0 unspecified atom stereocenters. The van der Waals surface area contributed by atoms with Gasteiger partial charge in [0.1, 0.15) is 0 Å². The van der Waals surface area contributed by atoms with Crippen molar-refractivity contribution in [3.05, 3.63) is 35.9 Å². The molecule has 4 heteroatoms. The summed E-state index contributed by atoms with van der Waals surface area (Å²) in [6.45, 7) is 0.421. The van der Waals surface area contributed by atoms with Gasteiger partial charge in [-0.05, 0) is 61.8 Å². The molecule has 4 aliphatic carbocycles. The number of carbonyl (C=O) groups excluding carboxylic acids is 2. The molecule has 4 bridgehead atoms. The maximum atomic E-state index is 12.4. The van der Waals surface area contributed by atoms with Crippen LogP contribution >= 0.6 is 0 Å². The number of nitrogens with one attached hydrogen (secondary N) is 2. The fourth-order valence-corrected chi connectivity index (χ4v) is 5.78. The molecule has 4 fully saturated rings. The molecular weight excluding hydrogens is 312 g/mol. The van der Waals surface area contributed by atoms with Crippen LogP contribution in [0.4, 0.5) is 0 Å². The number of amides is 2. The van der Waals surface area contributed by atoms with Crippen LogP contribution in [0.3, 0.4) is 0 Å². The molecule has 4 nitrogen and oxygen atoms in total. The van der Waals surface area contributed by atoms with Crippen LogP contribution in [0, 0.1) is 17.8 Å². The first-order valence-electron chi connectivity index (χ1n) is 9.72. The summed E-state index contributed by atoms with van der Waals surface area (Å²) in [7, 11) is 0. The van der Waals surface area contributed by atoms with Crippen molar-refractivity contribution < 1.29 is 9.59 Å². The quantitative estimate of drug-likeness (QED) is 0.837. The minimum Gasteiger partial charge on any atom is -0.355 e. The van der Waals surface area contributed by atoms with Gasteiger partial charge in [-0.25, -0.2) is 0 Å². The fourth-order valence-electron chi connectivity index (χ4n) is 5.78. The summed E-state index contributed by atoms with van der Waals surface area (Å²) < 4.78 is 0. The average molecular weight is 340 g/mol. The van der Waals surface area contributed by atoms with Crippen molar-refractivity contribution in [2.45, 2.75) is 56.9 Å². The molecule has 0 spiro atoms. The molecule has 0 aromatic heterocycles. The summed E-state index contributed by atoms with van der Waals surface area (Å²) in [5.74, 6) is 2.57. The SMILES string of the molecule is O=C(Cc1ccccc1)NCCC(=O)NC12CC3CC(CC(C3)C1)C2. The van der Waals surface area contributed by atoms with E-state index in [4.69, 9.17) is 0 Å². The first-order chi connectivity index (χ1) is 12.1. The third-order valence-corrected chi connectivity index (χ3v) is 6.32. The Bertz CT molecular complexity index is 605. The van der Waals surface area contributed by atoms with Crippen LogP contribution < -0.4 is 10.6 Å². The van der Waals surface area contributed by atoms with E-state index in [1.165, 1.54) is 38.5 Å². The number of benzene rings is 1. The summed E-state index contributed by atoms with van der Waals surface area (Å²) in [4.78, 5) is 24.4. The Morgan fingerprint density at radius 3 is 2.12 bits per heavy atom. The first-order valence-corrected chi connectivity index (χ1v) is 9.72. The molecule has 4 saturated carbocycles. The maximum absolute atomic E-state index is 12.4. The Balaban J connectivity index is 1.21. The van der Waals surface area contributed by atoms with Crippen molar-refractivity contribution in [2.24, 2.45) is 17.8 Å². The predicted octanol–water partition coefficient (Wildman–Crippen LogP) is 2.82. The largest absolute Gasteiger partial charge is 0.355 e. The van der Waals surface area contributed by atoms with Crippen molar-refractivity contribution >= 4 is 11.8 Å². The predicted molar refractivity (Wildman–Crippen MR) is 96.8 cm³/mol. The normalized spacial score (nSPS) is 32.4. The number of hydrogen-bond donors (Lipinski definition) is 2. The molecule has 25 heavy (non-hydrogen) atoms. The highest BCUT2D eigenvalue weighted by Gasteiger charge is 2.51. The van der Waals surface area contributed by atoms with Crippen LogP contribution in [0.5, 0.6) is 0 Å². The molecule has 2 amide bonds. The van der Waals surface area contributed by atoms with Gasteiger partial charge in [-0.1, -0.05) is 30.3 Å². The zero-order valence-corrected chi connectivity index (χ0v) is 14.8. The van der Waals surface area contributed by atoms with Crippen LogP contribution in [-0.4, -0.2) is 23.9 Å². The van der Waals surface area contributed by atoms with E-state index in [9.17, 15) is 9.59 Å². The minimum atomic E-state index is -0.0196. The number of rotatable bonds is 6. The van der Waals surface area contributed by atoms with E-state index >= 15 is 0 Å². The Morgan fingerprint density at radius 1 is 0.920 bits per heavy atom. The second-order valence-electron chi connectivity index (χ2n) is 8.51. The molecule has 0 atom stereocenters. The van der Waals surface area contributed by atoms with E-state index in [0.29, 0.717) is 19.4 Å². The molecule has 1 aromatic rings. The Morgan fingerprint density at radius 2 is 1.52 bits per heavy atom. The second-order valence-corrected chi connectivity index (χ2v) is 8.51. The van der Waals surface area contributed by atoms with Crippen molar-refractivity contribution in [1.29, 1.82) is 0 Å². The lowest BCUT2D eigenvalue weighted by Crippen LogP contribution is -2.60. The van der Waals surface area contributed by atoms with Crippen LogP contribution in [0.15, 0.2) is 30.3 Å². The molecule has 1 aromatic carbocycles. The van der Waals surface area contributed by atoms with E-state index in [1.54, 1.807) is 0 Å². The monoisotopic (exact) mass is 340 g/mol. The highest BCUT2D eigenvalue weighted by molar-refractivity contribution is 5.80. The van der Waals surface area contributed by atoms with E-state index < -0.39 is 0 Å². The average Bonchev–Trinajstić information content (AvgIpc) is 2.53. The zero-order valence-electron chi connectivity index (χ0n) is 14.8. The van der Waals surface area contributed by atoms with Crippen molar-refractivity contribution in [3.63, 3.8) is 0 Å². The second kappa shape index (κ2) is 6.81. The van der Waals surface area contributed by atoms with Gasteiger partial charge in [0, 0.05) is 18.5 Å². The van der Waals surface area contributed by atoms with Crippen molar-refractivity contribution in [3.8, 4) is 0 Å². The van der Waals surface area contributed by atoms with E-state index in [0.717, 1.165) is 23.3 Å². The Labute approximate surface area is 149 Å². The van der Waals surface area contributed by atoms with Gasteiger partial charge in [-0.2, -0.15) is 0 Å². The summed E-state index contributed by atoms with van der Waals surface area (Å²) in [5.41, 5.74) is 1.07. The summed E-state index contributed by atoms with van der Waals surface area (Å²) >= 11 is 0. The van der Waals surface area contributed by atoms with Gasteiger partial charge in [-0.15, -0.1) is 0 Å². The molecule has 0 saturated heterocycles. The minimum absolute atomic E-state index is 0.0196. The van der Waals surface area contributed by atoms with E-state index in [1.807, 2.05) is 30.3 Å². The topological polar surface area (TPSA) is 58.2 Å². The van der Waals surface area contributed by atoms with Crippen molar-refractivity contribution in [1.82, 2.24) is 10.6 Å². The molecule has 5 rings (SSSR count). The van der Waals surface area contributed by atoms with E-state index in [-0.39, 0.29) is 17.4 Å². The van der Waals surface area contributed by atoms with Gasteiger partial charge >= 0.3 is 0 Å². The standard InChI is InChI=1S/C21H28N2O2/c24-19(6-7-22-20(25)11-15-4-2-1-3-5-15)23-21-12-16-8-17(13-21)10-18(9-16)14-21/h1-5,16-18H,6-14H2,(H,22,25)(H,23,24). The highest BCUT2D eigenvalue weighted by Crippen LogP contribution is 2.55. The van der Waals surface area contributed by atoms with Crippen LogP contribution in [0.25, 0.3) is 0 Å². The fraction of sp³-hybridized carbons (Fsp3) is 0.619. The third kappa shape index (κ3) is 3.88. The molecule has 0 heterocycles. The van der Waals surface area contributed by atoms with Gasteiger partial charge in [-0.3, -0.25) is 9.59 Å². The lowest BCUT2D eigenvalue weighted by Gasteiger charge is -2.56. The van der Waals surface area contributed by atoms with Gasteiger partial charge in [0.25, 0.3) is 0 Å². The lowest BCUT2D eigenvalue weighted by molar-refractivity contribution is -0.126. The summed E-state index contributed by atoms with van der Waals surface area (Å²) in [6, 6.07) is 9.69. The number of carbonyl (C=O) groups is 2. The van der Waals surface area contributed by atoms with Crippen LogP contribution in [0.1, 0.15) is 50.5 Å². The van der Waals surface area contributed by atoms with Crippen LogP contribution in [-0.2, 0) is 16.0 Å². The van der Waals surface area contributed by atoms with Gasteiger partial charge in [0.15, 0.2) is 0 Å². The summed E-state index contributed by atoms with van der Waals surface area (Å²) in [6.07, 6.45) is 8.40. The third-order valence-electron chi connectivity index (χ3n) is 6.32.